The van der Waals surface area contributed by atoms with Crippen LogP contribution in [-0.2, 0) is 19.5 Å². The van der Waals surface area contributed by atoms with E-state index in [-0.39, 0.29) is 31.1 Å². The van der Waals surface area contributed by atoms with E-state index in [2.05, 4.69) is 13.8 Å². The standard InChI is InChI=1S/2C7H6F.Zn/c2*1-6-3-2-4-7(8)5-6;/h2*2-5H,1H2;/q2*-1;+2. The van der Waals surface area contributed by atoms with Gasteiger partial charge in [-0.1, -0.05) is 12.1 Å². The van der Waals surface area contributed by atoms with Crippen molar-refractivity contribution >= 4 is 0 Å². The Morgan fingerprint density at radius 2 is 1.06 bits per heavy atom. The maximum Gasteiger partial charge on any atom is 2.00 e. The molecule has 3 heteroatoms. The van der Waals surface area contributed by atoms with Gasteiger partial charge in [-0.25, -0.2) is 8.78 Å². The molecule has 0 radical (unpaired) electrons. The third kappa shape index (κ3) is 6.75. The molecule has 0 nitrogen and oxygen atoms in total. The summed E-state index contributed by atoms with van der Waals surface area (Å²) in [4.78, 5) is 0. The van der Waals surface area contributed by atoms with Crippen LogP contribution in [0.1, 0.15) is 11.1 Å². The fourth-order valence-corrected chi connectivity index (χ4v) is 1.07. The Kier molecular flexibility index (Phi) is 7.24. The first-order valence-corrected chi connectivity index (χ1v) is 4.73. The Labute approximate surface area is 113 Å². The summed E-state index contributed by atoms with van der Waals surface area (Å²) in [5, 5.41) is 0. The molecule has 17 heavy (non-hydrogen) atoms. The van der Waals surface area contributed by atoms with Crippen molar-refractivity contribution < 1.29 is 28.3 Å². The zero-order valence-corrected chi connectivity index (χ0v) is 12.5. The number of benzene rings is 2. The van der Waals surface area contributed by atoms with Gasteiger partial charge in [-0.15, -0.1) is 24.3 Å². The van der Waals surface area contributed by atoms with Gasteiger partial charge in [-0.05, 0) is 0 Å². The molecule has 0 unspecified atom stereocenters. The topological polar surface area (TPSA) is 0 Å². The van der Waals surface area contributed by atoms with Crippen LogP contribution in [0.15, 0.2) is 48.5 Å². The van der Waals surface area contributed by atoms with Crippen molar-refractivity contribution in [1.29, 1.82) is 0 Å². The Hall–Kier alpha value is -1.34. The van der Waals surface area contributed by atoms with E-state index in [9.17, 15) is 8.78 Å². The van der Waals surface area contributed by atoms with Crippen LogP contribution >= 0.6 is 0 Å². The van der Waals surface area contributed by atoms with Crippen LogP contribution in [0.2, 0.25) is 0 Å². The third-order valence-corrected chi connectivity index (χ3v) is 1.78. The minimum absolute atomic E-state index is 0. The van der Waals surface area contributed by atoms with Crippen molar-refractivity contribution in [2.24, 2.45) is 0 Å². The van der Waals surface area contributed by atoms with Crippen LogP contribution < -0.4 is 0 Å². The molecule has 0 aliphatic heterocycles. The summed E-state index contributed by atoms with van der Waals surface area (Å²) in [6, 6.07) is 12.4. The first-order chi connectivity index (χ1) is 7.58. The minimum atomic E-state index is -0.225. The normalized spacial score (nSPS) is 8.59. The summed E-state index contributed by atoms with van der Waals surface area (Å²) in [7, 11) is 0. The SMILES string of the molecule is [CH2-]c1cccc(F)c1.[CH2-]c1cccc(F)c1.[Zn+2]. The Morgan fingerprint density at radius 1 is 0.706 bits per heavy atom. The Bertz CT molecular complexity index is 377. The van der Waals surface area contributed by atoms with Gasteiger partial charge >= 0.3 is 19.5 Å². The van der Waals surface area contributed by atoms with Crippen LogP contribution in [0.5, 0.6) is 0 Å². The average molecular weight is 284 g/mol. The zero-order valence-electron chi connectivity index (χ0n) is 9.50. The van der Waals surface area contributed by atoms with Crippen LogP contribution in [0.3, 0.4) is 0 Å². The molecule has 0 bridgehead atoms. The van der Waals surface area contributed by atoms with Gasteiger partial charge in [-0.3, -0.25) is 0 Å². The molecule has 0 amide bonds. The molecule has 2 aromatic rings. The van der Waals surface area contributed by atoms with Crippen molar-refractivity contribution in [3.05, 3.63) is 85.1 Å². The van der Waals surface area contributed by atoms with Gasteiger partial charge in [0.1, 0.15) is 0 Å². The summed E-state index contributed by atoms with van der Waals surface area (Å²) in [5.74, 6) is -0.449. The van der Waals surface area contributed by atoms with Gasteiger partial charge in [-0.2, -0.15) is 37.1 Å². The fraction of sp³-hybridized carbons (Fsp3) is 0. The van der Waals surface area contributed by atoms with Crippen molar-refractivity contribution in [2.75, 3.05) is 0 Å². The molecular formula is C14H12F2Zn. The summed E-state index contributed by atoms with van der Waals surface area (Å²) < 4.78 is 24.3. The summed E-state index contributed by atoms with van der Waals surface area (Å²) in [5.41, 5.74) is 1.43. The van der Waals surface area contributed by atoms with E-state index in [1.807, 2.05) is 0 Å². The Morgan fingerprint density at radius 3 is 1.24 bits per heavy atom. The molecule has 0 aromatic heterocycles. The first-order valence-electron chi connectivity index (χ1n) is 4.73. The largest absolute Gasteiger partial charge is 2.00 e. The van der Waals surface area contributed by atoms with E-state index in [4.69, 9.17) is 0 Å². The third-order valence-electron chi connectivity index (χ3n) is 1.78. The number of hydrogen-bond donors (Lipinski definition) is 0. The molecule has 84 valence electrons. The van der Waals surface area contributed by atoms with Crippen molar-refractivity contribution in [3.63, 3.8) is 0 Å². The van der Waals surface area contributed by atoms with Gasteiger partial charge in [0.25, 0.3) is 0 Å². The van der Waals surface area contributed by atoms with E-state index in [1.165, 1.54) is 24.3 Å². The predicted octanol–water partition coefficient (Wildman–Crippen LogP) is 4.01. The van der Waals surface area contributed by atoms with E-state index in [0.29, 0.717) is 11.1 Å². The van der Waals surface area contributed by atoms with Crippen LogP contribution in [0.25, 0.3) is 0 Å². The van der Waals surface area contributed by atoms with Crippen LogP contribution in [0, 0.1) is 25.5 Å². The number of halogens is 2. The van der Waals surface area contributed by atoms with Crippen molar-refractivity contribution in [1.82, 2.24) is 0 Å². The molecule has 0 fully saturated rings. The molecule has 0 N–H and O–H groups in total. The molecule has 0 saturated carbocycles. The molecule has 0 aliphatic rings. The van der Waals surface area contributed by atoms with E-state index < -0.39 is 0 Å². The second kappa shape index (κ2) is 7.86. The average Bonchev–Trinajstić information content (AvgIpc) is 2.17. The molecular weight excluding hydrogens is 272 g/mol. The van der Waals surface area contributed by atoms with Crippen molar-refractivity contribution in [3.8, 4) is 0 Å². The monoisotopic (exact) mass is 282 g/mol. The summed E-state index contributed by atoms with van der Waals surface area (Å²) >= 11 is 0. The fourth-order valence-electron chi connectivity index (χ4n) is 1.07. The maximum atomic E-state index is 12.1. The smallest absolute Gasteiger partial charge is 0.222 e. The van der Waals surface area contributed by atoms with E-state index in [1.54, 1.807) is 24.3 Å². The molecule has 0 atom stereocenters. The van der Waals surface area contributed by atoms with Gasteiger partial charge in [0, 0.05) is 0 Å². The molecule has 2 aromatic carbocycles. The number of hydrogen-bond acceptors (Lipinski definition) is 0. The zero-order chi connectivity index (χ0) is 12.0. The van der Waals surface area contributed by atoms with Gasteiger partial charge in [0.05, 0.1) is 11.6 Å². The predicted molar refractivity (Wildman–Crippen MR) is 61.7 cm³/mol. The molecule has 2 rings (SSSR count). The van der Waals surface area contributed by atoms with Crippen LogP contribution in [0.4, 0.5) is 8.78 Å². The van der Waals surface area contributed by atoms with Crippen molar-refractivity contribution in [2.45, 2.75) is 0 Å². The summed E-state index contributed by atoms with van der Waals surface area (Å²) in [6.07, 6.45) is 0. The minimum Gasteiger partial charge on any atom is -0.222 e. The van der Waals surface area contributed by atoms with Crippen LogP contribution in [-0.4, -0.2) is 0 Å². The van der Waals surface area contributed by atoms with Gasteiger partial charge in [0.15, 0.2) is 0 Å². The Balaban J connectivity index is 0.000000284. The summed E-state index contributed by atoms with van der Waals surface area (Å²) in [6.45, 7) is 7.08. The number of rotatable bonds is 0. The van der Waals surface area contributed by atoms with E-state index >= 15 is 0 Å². The molecule has 0 heterocycles. The molecule has 0 saturated heterocycles. The first kappa shape index (κ1) is 15.7. The second-order valence-corrected chi connectivity index (χ2v) is 3.26. The molecule has 0 spiro atoms. The van der Waals surface area contributed by atoms with E-state index in [0.717, 1.165) is 0 Å². The quantitative estimate of drug-likeness (QED) is 0.506. The molecule has 0 aliphatic carbocycles. The van der Waals surface area contributed by atoms with Gasteiger partial charge in [0.2, 0.25) is 0 Å². The van der Waals surface area contributed by atoms with Gasteiger partial charge < -0.3 is 0 Å². The second-order valence-electron chi connectivity index (χ2n) is 3.26. The maximum absolute atomic E-state index is 12.1.